The van der Waals surface area contributed by atoms with Gasteiger partial charge in [0.1, 0.15) is 29.4 Å². The number of benzene rings is 1. The minimum Gasteiger partial charge on any atom is -0.345 e. The van der Waals surface area contributed by atoms with Crippen molar-refractivity contribution in [1.29, 1.82) is 5.26 Å². The number of hydrogen-bond donors (Lipinski definition) is 1. The molecule has 2 fully saturated rings. The van der Waals surface area contributed by atoms with Gasteiger partial charge in [0.25, 0.3) is 5.56 Å². The zero-order valence-corrected chi connectivity index (χ0v) is 20.1. The van der Waals surface area contributed by atoms with Crippen LogP contribution in [0.5, 0.6) is 0 Å². The maximum Gasteiger partial charge on any atom is 0.284 e. The molecule has 5 aromatic rings. The summed E-state index contributed by atoms with van der Waals surface area (Å²) in [4.78, 5) is 27.8. The predicted molar refractivity (Wildman–Crippen MR) is 137 cm³/mol. The number of H-pyrrole nitrogens is 1. The third-order valence-corrected chi connectivity index (χ3v) is 7.34. The average Bonchev–Trinajstić information content (AvgIpc) is 3.42. The minimum absolute atomic E-state index is 0. The van der Waals surface area contributed by atoms with Crippen molar-refractivity contribution in [2.24, 2.45) is 5.41 Å². The summed E-state index contributed by atoms with van der Waals surface area (Å²) in [5, 5.41) is 15.6. The van der Waals surface area contributed by atoms with Crippen LogP contribution in [0.4, 0.5) is 5.82 Å². The minimum atomic E-state index is -0.221. The highest BCUT2D eigenvalue weighted by atomic mass is 35.5. The van der Waals surface area contributed by atoms with Gasteiger partial charge in [0.2, 0.25) is 0 Å². The fourth-order valence-corrected chi connectivity index (χ4v) is 5.46. The van der Waals surface area contributed by atoms with Crippen LogP contribution in [0.2, 0.25) is 5.02 Å². The number of para-hydroxylation sites is 1. The highest BCUT2D eigenvalue weighted by Gasteiger charge is 2.63. The molecule has 5 heterocycles. The third kappa shape index (κ3) is 2.95. The smallest absolute Gasteiger partial charge is 0.284 e. The fourth-order valence-electron chi connectivity index (χ4n) is 5.24. The van der Waals surface area contributed by atoms with Crippen molar-refractivity contribution in [1.82, 2.24) is 29.1 Å². The van der Waals surface area contributed by atoms with Crippen LogP contribution in [-0.2, 0) is 0 Å². The molecule has 1 N–H and O–H groups in total. The van der Waals surface area contributed by atoms with Gasteiger partial charge in [-0.2, -0.15) is 23.9 Å². The van der Waals surface area contributed by atoms with Gasteiger partial charge in [-0.3, -0.25) is 9.36 Å². The van der Waals surface area contributed by atoms with Crippen LogP contribution in [0.1, 0.15) is 30.3 Å². The van der Waals surface area contributed by atoms with Gasteiger partial charge in [0, 0.05) is 24.4 Å². The standard InChI is InChI=1S/C24H17ClN8O.H2S/c25-16-6-9-32-18(16)23(34)33(15-4-2-1-3-5-15)22(30-32)19-24(7-8-24)12-31(19)21-17-14(10-26)11-27-20(17)28-13-29-21;/h1-6,9,11,13,19H,7-8,12H2,(H,27,28,29);1H2/t19-;/m1./s1. The molecule has 0 amide bonds. The van der Waals surface area contributed by atoms with Gasteiger partial charge in [-0.15, -0.1) is 0 Å². The van der Waals surface area contributed by atoms with Crippen LogP contribution in [0.15, 0.2) is 59.9 Å². The lowest BCUT2D eigenvalue weighted by atomic mass is 9.83. The zero-order valence-electron chi connectivity index (χ0n) is 18.3. The van der Waals surface area contributed by atoms with E-state index in [9.17, 15) is 10.1 Å². The number of rotatable bonds is 3. The highest BCUT2D eigenvalue weighted by molar-refractivity contribution is 7.59. The maximum absolute atomic E-state index is 13.7. The number of aromatic nitrogens is 6. The Morgan fingerprint density at radius 2 is 1.97 bits per heavy atom. The van der Waals surface area contributed by atoms with Crippen LogP contribution in [0.25, 0.3) is 22.2 Å². The molecule has 35 heavy (non-hydrogen) atoms. The van der Waals surface area contributed by atoms with Crippen molar-refractivity contribution in [2.45, 2.75) is 18.9 Å². The second kappa shape index (κ2) is 7.60. The van der Waals surface area contributed by atoms with Crippen molar-refractivity contribution in [2.75, 3.05) is 11.4 Å². The molecule has 0 bridgehead atoms. The van der Waals surface area contributed by atoms with E-state index < -0.39 is 0 Å². The molecule has 11 heteroatoms. The monoisotopic (exact) mass is 502 g/mol. The molecule has 1 spiro atoms. The lowest BCUT2D eigenvalue weighted by Crippen LogP contribution is -2.54. The number of hydrogen-bond acceptors (Lipinski definition) is 6. The molecule has 0 unspecified atom stereocenters. The van der Waals surface area contributed by atoms with Crippen LogP contribution in [0.3, 0.4) is 0 Å². The quantitative estimate of drug-likeness (QED) is 0.402. The van der Waals surface area contributed by atoms with Crippen LogP contribution in [0, 0.1) is 16.7 Å². The summed E-state index contributed by atoms with van der Waals surface area (Å²) >= 11 is 6.36. The molecular weight excluding hydrogens is 484 g/mol. The van der Waals surface area contributed by atoms with Crippen LogP contribution < -0.4 is 10.5 Å². The van der Waals surface area contributed by atoms with E-state index in [2.05, 4.69) is 25.9 Å². The Kier molecular flexibility index (Phi) is 4.71. The molecule has 0 radical (unpaired) electrons. The maximum atomic E-state index is 13.7. The molecule has 174 valence electrons. The Hall–Kier alpha value is -3.81. The number of anilines is 1. The topological polar surface area (TPSA) is 108 Å². The number of aromatic amines is 1. The van der Waals surface area contributed by atoms with Gasteiger partial charge in [0.15, 0.2) is 5.82 Å². The summed E-state index contributed by atoms with van der Waals surface area (Å²) in [6.45, 7) is 0.773. The first-order valence-corrected chi connectivity index (χ1v) is 11.3. The van der Waals surface area contributed by atoms with Crippen molar-refractivity contribution in [3.05, 3.63) is 81.9 Å². The second-order valence-corrected chi connectivity index (χ2v) is 9.33. The molecule has 7 rings (SSSR count). The van der Waals surface area contributed by atoms with Gasteiger partial charge >= 0.3 is 0 Å². The van der Waals surface area contributed by atoms with Crippen molar-refractivity contribution in [3.63, 3.8) is 0 Å². The lowest BCUT2D eigenvalue weighted by molar-refractivity contribution is 0.252. The van der Waals surface area contributed by atoms with Gasteiger partial charge in [0.05, 0.1) is 27.7 Å². The number of halogens is 1. The first-order valence-electron chi connectivity index (χ1n) is 11.0. The van der Waals surface area contributed by atoms with E-state index >= 15 is 0 Å². The summed E-state index contributed by atoms with van der Waals surface area (Å²) in [5.74, 6) is 1.30. The summed E-state index contributed by atoms with van der Waals surface area (Å²) in [5.41, 5.74) is 1.96. The van der Waals surface area contributed by atoms with E-state index in [1.54, 1.807) is 27.5 Å². The van der Waals surface area contributed by atoms with E-state index in [-0.39, 0.29) is 30.5 Å². The number of fused-ring (bicyclic) bond motifs is 2. The molecule has 1 saturated heterocycles. The van der Waals surface area contributed by atoms with E-state index in [1.165, 1.54) is 6.33 Å². The van der Waals surface area contributed by atoms with Crippen molar-refractivity contribution in [3.8, 4) is 11.8 Å². The summed E-state index contributed by atoms with van der Waals surface area (Å²) in [6, 6.07) is 13.2. The molecule has 4 aromatic heterocycles. The van der Waals surface area contributed by atoms with Crippen LogP contribution in [-0.4, -0.2) is 35.7 Å². The third-order valence-electron chi connectivity index (χ3n) is 7.03. The first-order chi connectivity index (χ1) is 16.6. The Balaban J connectivity index is 0.00000229. The van der Waals surface area contributed by atoms with Gasteiger partial charge < -0.3 is 9.88 Å². The summed E-state index contributed by atoms with van der Waals surface area (Å²) in [7, 11) is 0. The molecule has 2 aliphatic rings. The number of nitrogens with one attached hydrogen (secondary N) is 1. The molecule has 1 aliphatic carbocycles. The fraction of sp³-hybridized carbons (Fsp3) is 0.208. The van der Waals surface area contributed by atoms with Crippen molar-refractivity contribution < 1.29 is 0 Å². The van der Waals surface area contributed by atoms with Crippen molar-refractivity contribution >= 4 is 47.5 Å². The molecule has 1 aliphatic heterocycles. The average molecular weight is 503 g/mol. The SMILES string of the molecule is N#Cc1c[nH]c2ncnc(N3CC4(CC4)[C@H]3c3nn4ccc(Cl)c4c(=O)n3-c3ccccc3)c12.S. The summed E-state index contributed by atoms with van der Waals surface area (Å²) in [6.07, 6.45) is 6.93. The second-order valence-electron chi connectivity index (χ2n) is 8.92. The van der Waals surface area contributed by atoms with E-state index in [1.807, 2.05) is 30.3 Å². The van der Waals surface area contributed by atoms with E-state index in [0.717, 1.165) is 25.1 Å². The zero-order chi connectivity index (χ0) is 23.0. The van der Waals surface area contributed by atoms with E-state index in [0.29, 0.717) is 38.8 Å². The Bertz CT molecular complexity index is 1710. The highest BCUT2D eigenvalue weighted by Crippen LogP contribution is 2.65. The molecule has 1 saturated carbocycles. The van der Waals surface area contributed by atoms with Gasteiger partial charge in [-0.25, -0.2) is 14.5 Å². The summed E-state index contributed by atoms with van der Waals surface area (Å²) < 4.78 is 3.23. The number of nitriles is 1. The normalized spacial score (nSPS) is 17.8. The first kappa shape index (κ1) is 21.7. The molecule has 1 atom stereocenters. The largest absolute Gasteiger partial charge is 0.345 e. The number of nitrogens with zero attached hydrogens (tertiary/aromatic N) is 7. The molecular formula is C24H19ClN8OS. The Labute approximate surface area is 211 Å². The Morgan fingerprint density at radius 3 is 2.71 bits per heavy atom. The molecule has 9 nitrogen and oxygen atoms in total. The van der Waals surface area contributed by atoms with E-state index in [4.69, 9.17) is 16.7 Å². The predicted octanol–water partition coefficient (Wildman–Crippen LogP) is 3.74. The van der Waals surface area contributed by atoms with Crippen LogP contribution >= 0.6 is 25.1 Å². The lowest BCUT2D eigenvalue weighted by Gasteiger charge is -2.49. The van der Waals surface area contributed by atoms with Gasteiger partial charge in [-0.05, 0) is 31.0 Å². The molecule has 1 aromatic carbocycles. The Morgan fingerprint density at radius 1 is 1.17 bits per heavy atom. The van der Waals surface area contributed by atoms with Gasteiger partial charge in [-0.1, -0.05) is 29.8 Å².